The van der Waals surface area contributed by atoms with E-state index in [0.717, 1.165) is 11.1 Å². The SMILES string of the molecule is CC(=O)c1ccc(-c2cncc(F)c2)s1. The second-order valence-corrected chi connectivity index (χ2v) is 4.20. The van der Waals surface area contributed by atoms with E-state index in [1.807, 2.05) is 0 Å². The molecule has 0 N–H and O–H groups in total. The second kappa shape index (κ2) is 3.90. The van der Waals surface area contributed by atoms with E-state index in [-0.39, 0.29) is 11.6 Å². The Bertz CT molecular complexity index is 507. The molecule has 0 bridgehead atoms. The van der Waals surface area contributed by atoms with Crippen molar-refractivity contribution < 1.29 is 9.18 Å². The first-order chi connectivity index (χ1) is 7.16. The smallest absolute Gasteiger partial charge is 0.169 e. The first-order valence-electron chi connectivity index (χ1n) is 4.38. The summed E-state index contributed by atoms with van der Waals surface area (Å²) in [6, 6.07) is 4.95. The van der Waals surface area contributed by atoms with Gasteiger partial charge in [-0.2, -0.15) is 0 Å². The Kier molecular flexibility index (Phi) is 2.60. The van der Waals surface area contributed by atoms with Crippen molar-refractivity contribution in [2.75, 3.05) is 0 Å². The summed E-state index contributed by atoms with van der Waals surface area (Å²) in [4.78, 5) is 16.4. The number of ketones is 1. The summed E-state index contributed by atoms with van der Waals surface area (Å²) in [7, 11) is 0. The van der Waals surface area contributed by atoms with Gasteiger partial charge in [-0.05, 0) is 25.1 Å². The quantitative estimate of drug-likeness (QED) is 0.729. The average Bonchev–Trinajstić information content (AvgIpc) is 2.66. The van der Waals surface area contributed by atoms with Crippen LogP contribution in [0.25, 0.3) is 10.4 Å². The first kappa shape index (κ1) is 9.98. The summed E-state index contributed by atoms with van der Waals surface area (Å²) in [6.07, 6.45) is 2.74. The van der Waals surface area contributed by atoms with Crippen LogP contribution in [0.4, 0.5) is 4.39 Å². The summed E-state index contributed by atoms with van der Waals surface area (Å²) in [5.74, 6) is -0.346. The summed E-state index contributed by atoms with van der Waals surface area (Å²) < 4.78 is 12.9. The largest absolute Gasteiger partial charge is 0.294 e. The van der Waals surface area contributed by atoms with Crippen LogP contribution in [-0.4, -0.2) is 10.8 Å². The second-order valence-electron chi connectivity index (χ2n) is 3.11. The van der Waals surface area contributed by atoms with Crippen molar-refractivity contribution in [3.8, 4) is 10.4 Å². The van der Waals surface area contributed by atoms with Gasteiger partial charge in [0.2, 0.25) is 0 Å². The molecule has 0 aliphatic heterocycles. The zero-order chi connectivity index (χ0) is 10.8. The van der Waals surface area contributed by atoms with Crippen molar-refractivity contribution in [3.63, 3.8) is 0 Å². The molecule has 0 atom stereocenters. The van der Waals surface area contributed by atoms with E-state index in [2.05, 4.69) is 4.98 Å². The lowest BCUT2D eigenvalue weighted by Crippen LogP contribution is -1.83. The molecular weight excluding hydrogens is 213 g/mol. The molecule has 76 valence electrons. The summed E-state index contributed by atoms with van der Waals surface area (Å²) >= 11 is 1.35. The van der Waals surface area contributed by atoms with Gasteiger partial charge in [0.15, 0.2) is 5.78 Å². The van der Waals surface area contributed by atoms with Gasteiger partial charge in [-0.25, -0.2) is 4.39 Å². The van der Waals surface area contributed by atoms with Gasteiger partial charge in [-0.3, -0.25) is 9.78 Å². The highest BCUT2D eigenvalue weighted by Gasteiger charge is 2.06. The molecule has 0 radical (unpaired) electrons. The van der Waals surface area contributed by atoms with Crippen LogP contribution in [0.3, 0.4) is 0 Å². The standard InChI is InChI=1S/C11H8FNOS/c1-7(14)10-2-3-11(15-10)8-4-9(12)6-13-5-8/h2-6H,1H3. The van der Waals surface area contributed by atoms with Crippen molar-refractivity contribution in [3.05, 3.63) is 41.3 Å². The third-order valence-corrected chi connectivity index (χ3v) is 3.18. The third kappa shape index (κ3) is 2.10. The number of hydrogen-bond acceptors (Lipinski definition) is 3. The monoisotopic (exact) mass is 221 g/mol. The van der Waals surface area contributed by atoms with Crippen LogP contribution in [0, 0.1) is 5.82 Å². The average molecular weight is 221 g/mol. The van der Waals surface area contributed by atoms with Gasteiger partial charge in [0, 0.05) is 16.6 Å². The van der Waals surface area contributed by atoms with Crippen molar-refractivity contribution >= 4 is 17.1 Å². The van der Waals surface area contributed by atoms with Gasteiger partial charge in [0.25, 0.3) is 0 Å². The van der Waals surface area contributed by atoms with Crippen LogP contribution in [-0.2, 0) is 0 Å². The van der Waals surface area contributed by atoms with E-state index in [1.54, 1.807) is 18.3 Å². The maximum absolute atomic E-state index is 12.9. The fourth-order valence-corrected chi connectivity index (χ4v) is 2.11. The fraction of sp³-hybridized carbons (Fsp3) is 0.0909. The van der Waals surface area contributed by atoms with E-state index in [4.69, 9.17) is 0 Å². The van der Waals surface area contributed by atoms with Crippen LogP contribution in [0.2, 0.25) is 0 Å². The Balaban J connectivity index is 2.41. The van der Waals surface area contributed by atoms with Crippen LogP contribution >= 0.6 is 11.3 Å². The lowest BCUT2D eigenvalue weighted by Gasteiger charge is -1.95. The molecule has 0 spiro atoms. The van der Waals surface area contributed by atoms with E-state index < -0.39 is 0 Å². The van der Waals surface area contributed by atoms with Gasteiger partial charge in [0.1, 0.15) is 5.82 Å². The number of pyridine rings is 1. The maximum Gasteiger partial charge on any atom is 0.169 e. The summed E-state index contributed by atoms with van der Waals surface area (Å²) in [5, 5.41) is 0. The fourth-order valence-electron chi connectivity index (χ4n) is 1.23. The molecule has 0 saturated carbocycles. The molecule has 15 heavy (non-hydrogen) atoms. The highest BCUT2D eigenvalue weighted by Crippen LogP contribution is 2.27. The summed E-state index contributed by atoms with van der Waals surface area (Å²) in [6.45, 7) is 1.51. The minimum Gasteiger partial charge on any atom is -0.294 e. The van der Waals surface area contributed by atoms with E-state index in [9.17, 15) is 9.18 Å². The third-order valence-electron chi connectivity index (χ3n) is 1.94. The zero-order valence-electron chi connectivity index (χ0n) is 8.03. The van der Waals surface area contributed by atoms with Crippen molar-refractivity contribution in [2.45, 2.75) is 6.92 Å². The Morgan fingerprint density at radius 2 is 2.20 bits per heavy atom. The minimum absolute atomic E-state index is 0.0237. The number of aromatic nitrogens is 1. The van der Waals surface area contributed by atoms with Crippen LogP contribution in [0.5, 0.6) is 0 Å². The van der Waals surface area contributed by atoms with Crippen molar-refractivity contribution in [1.82, 2.24) is 4.98 Å². The van der Waals surface area contributed by atoms with Crippen LogP contribution < -0.4 is 0 Å². The van der Waals surface area contributed by atoms with Gasteiger partial charge >= 0.3 is 0 Å². The Hall–Kier alpha value is -1.55. The Morgan fingerprint density at radius 1 is 1.40 bits per heavy atom. The number of rotatable bonds is 2. The lowest BCUT2D eigenvalue weighted by atomic mass is 10.2. The Morgan fingerprint density at radius 3 is 2.80 bits per heavy atom. The number of halogens is 1. The zero-order valence-corrected chi connectivity index (χ0v) is 8.84. The number of nitrogens with zero attached hydrogens (tertiary/aromatic N) is 1. The number of thiophene rings is 1. The van der Waals surface area contributed by atoms with E-state index in [0.29, 0.717) is 10.4 Å². The van der Waals surface area contributed by atoms with Crippen LogP contribution in [0.15, 0.2) is 30.6 Å². The van der Waals surface area contributed by atoms with Gasteiger partial charge < -0.3 is 0 Å². The molecule has 2 aromatic rings. The molecule has 2 heterocycles. The molecule has 0 fully saturated rings. The van der Waals surface area contributed by atoms with Crippen molar-refractivity contribution in [1.29, 1.82) is 0 Å². The van der Waals surface area contributed by atoms with Gasteiger partial charge in [-0.1, -0.05) is 0 Å². The van der Waals surface area contributed by atoms with Crippen LogP contribution in [0.1, 0.15) is 16.6 Å². The number of Topliss-reactive ketones (excluding diaryl/α,β-unsaturated/α-hetero) is 1. The highest BCUT2D eigenvalue weighted by atomic mass is 32.1. The van der Waals surface area contributed by atoms with Crippen molar-refractivity contribution in [2.24, 2.45) is 0 Å². The predicted molar refractivity (Wildman–Crippen MR) is 57.5 cm³/mol. The van der Waals surface area contributed by atoms with Gasteiger partial charge in [0.05, 0.1) is 11.1 Å². The minimum atomic E-state index is -0.370. The Labute approximate surface area is 90.4 Å². The first-order valence-corrected chi connectivity index (χ1v) is 5.20. The number of carbonyl (C=O) groups excluding carboxylic acids is 1. The number of carbonyl (C=O) groups is 1. The molecule has 4 heteroatoms. The van der Waals surface area contributed by atoms with E-state index >= 15 is 0 Å². The normalized spacial score (nSPS) is 10.3. The molecule has 0 saturated heterocycles. The molecule has 0 aromatic carbocycles. The van der Waals surface area contributed by atoms with E-state index in [1.165, 1.54) is 24.3 Å². The molecular formula is C11H8FNOS. The molecule has 0 unspecified atom stereocenters. The molecule has 2 aromatic heterocycles. The predicted octanol–water partition coefficient (Wildman–Crippen LogP) is 3.15. The molecule has 2 nitrogen and oxygen atoms in total. The molecule has 0 aliphatic rings. The molecule has 2 rings (SSSR count). The summed E-state index contributed by atoms with van der Waals surface area (Å²) in [5.41, 5.74) is 0.701. The lowest BCUT2D eigenvalue weighted by molar-refractivity contribution is 0.102. The molecule has 0 amide bonds. The number of hydrogen-bond donors (Lipinski definition) is 0. The maximum atomic E-state index is 12.9. The van der Waals surface area contributed by atoms with Gasteiger partial charge in [-0.15, -0.1) is 11.3 Å². The highest BCUT2D eigenvalue weighted by molar-refractivity contribution is 7.17. The molecule has 0 aliphatic carbocycles. The topological polar surface area (TPSA) is 30.0 Å².